The van der Waals surface area contributed by atoms with Crippen LogP contribution < -0.4 is 0 Å². The molecular formula is C17H20F3NO4. The zero-order valence-electron chi connectivity index (χ0n) is 13.8. The van der Waals surface area contributed by atoms with Crippen molar-refractivity contribution in [1.29, 1.82) is 0 Å². The number of alkyl halides is 3. The summed E-state index contributed by atoms with van der Waals surface area (Å²) in [7, 11) is 0. The van der Waals surface area contributed by atoms with Gasteiger partial charge in [0, 0.05) is 19.0 Å². The average molecular weight is 359 g/mol. The second kappa shape index (κ2) is 7.86. The van der Waals surface area contributed by atoms with E-state index < -0.39 is 29.7 Å². The van der Waals surface area contributed by atoms with Crippen LogP contribution in [0.2, 0.25) is 0 Å². The second-order valence-electron chi connectivity index (χ2n) is 6.18. The van der Waals surface area contributed by atoms with Crippen molar-refractivity contribution >= 4 is 11.9 Å². The number of ether oxygens (including phenoxy) is 1. The Morgan fingerprint density at radius 2 is 2.12 bits per heavy atom. The molecule has 1 N–H and O–H groups in total. The van der Waals surface area contributed by atoms with Crippen molar-refractivity contribution in [1.82, 2.24) is 4.90 Å². The SMILES string of the molecule is C[C@@H](Cc1cccc(C(F)(F)F)c1)C(=O)N1CCO[C@@H](CC(=O)O)C1. The van der Waals surface area contributed by atoms with E-state index in [0.29, 0.717) is 12.1 Å². The van der Waals surface area contributed by atoms with Crippen molar-refractivity contribution in [2.24, 2.45) is 5.92 Å². The topological polar surface area (TPSA) is 66.8 Å². The predicted octanol–water partition coefficient (Wildman–Crippen LogP) is 2.59. The van der Waals surface area contributed by atoms with Crippen LogP contribution in [0.4, 0.5) is 13.2 Å². The molecule has 0 radical (unpaired) electrons. The number of aliphatic carboxylic acids is 1. The molecule has 1 aliphatic rings. The van der Waals surface area contributed by atoms with Crippen molar-refractivity contribution in [2.75, 3.05) is 19.7 Å². The Morgan fingerprint density at radius 3 is 2.76 bits per heavy atom. The molecule has 1 heterocycles. The Hall–Kier alpha value is -2.09. The molecule has 0 saturated carbocycles. The molecule has 0 aromatic heterocycles. The lowest BCUT2D eigenvalue weighted by atomic mass is 9.97. The molecule has 0 aliphatic carbocycles. The lowest BCUT2D eigenvalue weighted by Gasteiger charge is -2.34. The molecule has 1 aliphatic heterocycles. The van der Waals surface area contributed by atoms with Crippen molar-refractivity contribution in [2.45, 2.75) is 32.0 Å². The Bertz CT molecular complexity index is 633. The maximum atomic E-state index is 12.8. The summed E-state index contributed by atoms with van der Waals surface area (Å²) in [6.07, 6.45) is -4.98. The highest BCUT2D eigenvalue weighted by atomic mass is 19.4. The molecule has 1 fully saturated rings. The minimum absolute atomic E-state index is 0.179. The Morgan fingerprint density at radius 1 is 1.40 bits per heavy atom. The molecule has 1 amide bonds. The van der Waals surface area contributed by atoms with Crippen LogP contribution in [0.5, 0.6) is 0 Å². The molecule has 138 valence electrons. The van der Waals surface area contributed by atoms with E-state index in [2.05, 4.69) is 0 Å². The van der Waals surface area contributed by atoms with E-state index in [1.165, 1.54) is 11.0 Å². The zero-order chi connectivity index (χ0) is 18.6. The van der Waals surface area contributed by atoms with Crippen LogP contribution >= 0.6 is 0 Å². The fraction of sp³-hybridized carbons (Fsp3) is 0.529. The largest absolute Gasteiger partial charge is 0.481 e. The molecule has 25 heavy (non-hydrogen) atoms. The normalized spacial score (nSPS) is 19.5. The van der Waals surface area contributed by atoms with E-state index in [1.807, 2.05) is 0 Å². The Labute approximate surface area is 143 Å². The third kappa shape index (κ3) is 5.45. The molecule has 2 rings (SSSR count). The van der Waals surface area contributed by atoms with Crippen LogP contribution in [0, 0.1) is 5.92 Å². The van der Waals surface area contributed by atoms with E-state index in [-0.39, 0.29) is 31.9 Å². The summed E-state index contributed by atoms with van der Waals surface area (Å²) in [6, 6.07) is 4.93. The van der Waals surface area contributed by atoms with Gasteiger partial charge in [0.1, 0.15) is 0 Å². The summed E-state index contributed by atoms with van der Waals surface area (Å²) in [6.45, 7) is 2.43. The number of carbonyl (C=O) groups is 2. The van der Waals surface area contributed by atoms with Crippen molar-refractivity contribution in [3.63, 3.8) is 0 Å². The predicted molar refractivity (Wildman–Crippen MR) is 82.9 cm³/mol. The number of nitrogens with zero attached hydrogens (tertiary/aromatic N) is 1. The molecule has 2 atom stereocenters. The van der Waals surface area contributed by atoms with E-state index in [9.17, 15) is 22.8 Å². The highest BCUT2D eigenvalue weighted by molar-refractivity contribution is 5.79. The quantitative estimate of drug-likeness (QED) is 0.878. The van der Waals surface area contributed by atoms with Crippen LogP contribution in [0.25, 0.3) is 0 Å². The van der Waals surface area contributed by atoms with Gasteiger partial charge in [-0.25, -0.2) is 0 Å². The van der Waals surface area contributed by atoms with Crippen molar-refractivity contribution < 1.29 is 32.6 Å². The third-order valence-corrected chi connectivity index (χ3v) is 4.07. The second-order valence-corrected chi connectivity index (χ2v) is 6.18. The number of carbonyl (C=O) groups excluding carboxylic acids is 1. The first-order valence-corrected chi connectivity index (χ1v) is 7.95. The van der Waals surface area contributed by atoms with Crippen LogP contribution in [0.1, 0.15) is 24.5 Å². The summed E-state index contributed by atoms with van der Waals surface area (Å²) < 4.78 is 43.6. The van der Waals surface area contributed by atoms with Gasteiger partial charge in [-0.15, -0.1) is 0 Å². The van der Waals surface area contributed by atoms with Gasteiger partial charge in [-0.05, 0) is 18.1 Å². The molecule has 0 unspecified atom stereocenters. The molecule has 1 saturated heterocycles. The minimum atomic E-state index is -4.42. The molecule has 8 heteroatoms. The molecule has 1 aromatic carbocycles. The monoisotopic (exact) mass is 359 g/mol. The number of hydrogen-bond donors (Lipinski definition) is 1. The van der Waals surface area contributed by atoms with Gasteiger partial charge in [0.05, 0.1) is 24.7 Å². The standard InChI is InChI=1S/C17H20F3NO4/c1-11(7-12-3-2-4-13(8-12)17(18,19)20)16(24)21-5-6-25-14(10-21)9-15(22)23/h2-4,8,11,14H,5-7,9-10H2,1H3,(H,22,23)/t11-,14-/m0/s1. The van der Waals surface area contributed by atoms with Crippen molar-refractivity contribution in [3.05, 3.63) is 35.4 Å². The summed E-state index contributed by atoms with van der Waals surface area (Å²) >= 11 is 0. The fourth-order valence-electron chi connectivity index (χ4n) is 2.86. The number of carboxylic acid groups (broad SMARTS) is 1. The molecule has 0 bridgehead atoms. The average Bonchev–Trinajstić information content (AvgIpc) is 2.53. The Kier molecular flexibility index (Phi) is 6.05. The fourth-order valence-corrected chi connectivity index (χ4v) is 2.86. The van der Waals surface area contributed by atoms with Gasteiger partial charge in [0.25, 0.3) is 0 Å². The number of hydrogen-bond acceptors (Lipinski definition) is 3. The number of carboxylic acids is 1. The van der Waals surface area contributed by atoms with Gasteiger partial charge in [-0.3, -0.25) is 9.59 Å². The van der Waals surface area contributed by atoms with Crippen LogP contribution in [0.15, 0.2) is 24.3 Å². The third-order valence-electron chi connectivity index (χ3n) is 4.07. The number of amides is 1. The number of rotatable bonds is 5. The van der Waals surface area contributed by atoms with Crippen LogP contribution in [0.3, 0.4) is 0 Å². The van der Waals surface area contributed by atoms with E-state index >= 15 is 0 Å². The number of halogens is 3. The minimum Gasteiger partial charge on any atom is -0.481 e. The van der Waals surface area contributed by atoms with Gasteiger partial charge >= 0.3 is 12.1 Å². The van der Waals surface area contributed by atoms with E-state index in [1.54, 1.807) is 13.0 Å². The van der Waals surface area contributed by atoms with Crippen LogP contribution in [-0.2, 0) is 26.9 Å². The summed E-state index contributed by atoms with van der Waals surface area (Å²) in [5.74, 6) is -1.72. The Balaban J connectivity index is 1.99. The summed E-state index contributed by atoms with van der Waals surface area (Å²) in [5.41, 5.74) is -0.302. The summed E-state index contributed by atoms with van der Waals surface area (Å²) in [4.78, 5) is 24.8. The van der Waals surface area contributed by atoms with Crippen LogP contribution in [-0.4, -0.2) is 47.7 Å². The van der Waals surface area contributed by atoms with Crippen molar-refractivity contribution in [3.8, 4) is 0 Å². The maximum absolute atomic E-state index is 12.8. The maximum Gasteiger partial charge on any atom is 0.416 e. The summed E-state index contributed by atoms with van der Waals surface area (Å²) in [5, 5.41) is 8.81. The first-order valence-electron chi connectivity index (χ1n) is 7.95. The van der Waals surface area contributed by atoms with E-state index in [0.717, 1.165) is 12.1 Å². The molecule has 1 aromatic rings. The highest BCUT2D eigenvalue weighted by Gasteiger charge is 2.31. The smallest absolute Gasteiger partial charge is 0.416 e. The first-order chi connectivity index (χ1) is 11.7. The van der Waals surface area contributed by atoms with Gasteiger partial charge in [-0.2, -0.15) is 13.2 Å². The number of morpholine rings is 1. The first kappa shape index (κ1) is 19.2. The highest BCUT2D eigenvalue weighted by Crippen LogP contribution is 2.30. The zero-order valence-corrected chi connectivity index (χ0v) is 13.8. The molecule has 0 spiro atoms. The molecule has 5 nitrogen and oxygen atoms in total. The number of benzene rings is 1. The molecular weight excluding hydrogens is 339 g/mol. The lowest BCUT2D eigenvalue weighted by molar-refractivity contribution is -0.149. The van der Waals surface area contributed by atoms with Gasteiger partial charge in [-0.1, -0.05) is 25.1 Å². The lowest BCUT2D eigenvalue weighted by Crippen LogP contribution is -2.48. The van der Waals surface area contributed by atoms with E-state index in [4.69, 9.17) is 9.84 Å². The van der Waals surface area contributed by atoms with Gasteiger partial charge in [0.15, 0.2) is 0 Å². The van der Waals surface area contributed by atoms with Gasteiger partial charge < -0.3 is 14.7 Å². The van der Waals surface area contributed by atoms with Gasteiger partial charge in [0.2, 0.25) is 5.91 Å².